The van der Waals surface area contributed by atoms with E-state index in [0.717, 1.165) is 11.3 Å². The fourth-order valence-corrected chi connectivity index (χ4v) is 2.28. The van der Waals surface area contributed by atoms with Gasteiger partial charge in [-0.05, 0) is 12.1 Å². The van der Waals surface area contributed by atoms with Gasteiger partial charge >= 0.3 is 4.87 Å². The molecule has 106 valence electrons. The normalized spacial score (nSPS) is 10.2. The molecule has 0 fully saturated rings. The smallest absolute Gasteiger partial charge is 0.307 e. The number of nitrogens with two attached hydrogens (primary N) is 1. The van der Waals surface area contributed by atoms with E-state index >= 15 is 0 Å². The molecule has 20 heavy (non-hydrogen) atoms. The number of benzene rings is 1. The van der Waals surface area contributed by atoms with E-state index in [2.05, 4.69) is 5.32 Å². The van der Waals surface area contributed by atoms with Crippen LogP contribution in [0.3, 0.4) is 0 Å². The molecule has 1 aromatic carbocycles. The van der Waals surface area contributed by atoms with Gasteiger partial charge in [0.15, 0.2) is 0 Å². The van der Waals surface area contributed by atoms with Gasteiger partial charge in [0, 0.05) is 30.6 Å². The molecule has 6 nitrogen and oxygen atoms in total. The molecule has 3 N–H and O–H groups in total. The first-order valence-corrected chi connectivity index (χ1v) is 6.85. The summed E-state index contributed by atoms with van der Waals surface area (Å²) in [5, 5.41) is 4.41. The van der Waals surface area contributed by atoms with Gasteiger partial charge in [-0.15, -0.1) is 0 Å². The second kappa shape index (κ2) is 6.25. The number of carbonyl (C=O) groups excluding carboxylic acids is 1. The lowest BCUT2D eigenvalue weighted by atomic mass is 10.2. The van der Waals surface area contributed by atoms with Crippen molar-refractivity contribution in [3.8, 4) is 5.75 Å². The van der Waals surface area contributed by atoms with Gasteiger partial charge in [0.05, 0.1) is 18.5 Å². The molecule has 0 aliphatic heterocycles. The third kappa shape index (κ3) is 3.39. The highest BCUT2D eigenvalue weighted by Gasteiger charge is 2.07. The van der Waals surface area contributed by atoms with Crippen LogP contribution in [0.25, 0.3) is 0 Å². The summed E-state index contributed by atoms with van der Waals surface area (Å²) in [4.78, 5) is 23.1. The summed E-state index contributed by atoms with van der Waals surface area (Å²) in [6.07, 6.45) is 1.88. The highest BCUT2D eigenvalue weighted by atomic mass is 32.1. The largest absolute Gasteiger partial charge is 0.497 e. The van der Waals surface area contributed by atoms with Crippen molar-refractivity contribution in [3.63, 3.8) is 0 Å². The number of methoxy groups -OCH3 is 1. The number of rotatable bonds is 5. The van der Waals surface area contributed by atoms with Crippen molar-refractivity contribution in [2.45, 2.75) is 13.0 Å². The monoisotopic (exact) mass is 293 g/mol. The Morgan fingerprint density at radius 3 is 2.90 bits per heavy atom. The number of anilines is 2. The van der Waals surface area contributed by atoms with E-state index in [1.807, 2.05) is 0 Å². The lowest BCUT2D eigenvalue weighted by molar-refractivity contribution is -0.116. The van der Waals surface area contributed by atoms with E-state index in [1.165, 1.54) is 4.57 Å². The van der Waals surface area contributed by atoms with Gasteiger partial charge in [0.25, 0.3) is 0 Å². The summed E-state index contributed by atoms with van der Waals surface area (Å²) in [5.41, 5.74) is 6.78. The summed E-state index contributed by atoms with van der Waals surface area (Å²) in [5.74, 6) is 0.435. The zero-order valence-electron chi connectivity index (χ0n) is 11.0. The van der Waals surface area contributed by atoms with Gasteiger partial charge in [0.2, 0.25) is 5.91 Å². The number of aromatic nitrogens is 1. The van der Waals surface area contributed by atoms with E-state index in [0.29, 0.717) is 23.7 Å². The van der Waals surface area contributed by atoms with E-state index in [9.17, 15) is 9.59 Å². The lowest BCUT2D eigenvalue weighted by Crippen LogP contribution is -2.19. The highest BCUT2D eigenvalue weighted by Crippen LogP contribution is 2.24. The molecule has 1 amide bonds. The molecule has 7 heteroatoms. The molecule has 0 bridgehead atoms. The number of aryl methyl sites for hydroxylation is 1. The predicted molar refractivity (Wildman–Crippen MR) is 79.2 cm³/mol. The molecule has 0 saturated heterocycles. The standard InChI is InChI=1S/C13H15N3O3S/c1-19-9-2-3-11(10(14)8-9)15-12(17)4-5-16-6-7-20-13(16)18/h2-3,6-8H,4-5,14H2,1H3,(H,15,17). The van der Waals surface area contributed by atoms with Crippen molar-refractivity contribution >= 4 is 28.6 Å². The first-order chi connectivity index (χ1) is 9.60. The maximum atomic E-state index is 11.8. The highest BCUT2D eigenvalue weighted by molar-refractivity contribution is 7.07. The number of nitrogens with one attached hydrogen (secondary N) is 1. The van der Waals surface area contributed by atoms with Crippen LogP contribution in [0.15, 0.2) is 34.6 Å². The van der Waals surface area contributed by atoms with Gasteiger partial charge in [-0.25, -0.2) is 0 Å². The van der Waals surface area contributed by atoms with Crippen LogP contribution in [0.5, 0.6) is 5.75 Å². The minimum atomic E-state index is -0.194. The lowest BCUT2D eigenvalue weighted by Gasteiger charge is -2.09. The van der Waals surface area contributed by atoms with Crippen molar-refractivity contribution < 1.29 is 9.53 Å². The average Bonchev–Trinajstić information content (AvgIpc) is 2.84. The number of thiazole rings is 1. The van der Waals surface area contributed by atoms with Crippen LogP contribution in [0.4, 0.5) is 11.4 Å². The number of amides is 1. The minimum Gasteiger partial charge on any atom is -0.497 e. The fourth-order valence-electron chi connectivity index (χ4n) is 1.67. The minimum absolute atomic E-state index is 0.0678. The molecule has 1 heterocycles. The molecule has 0 aliphatic carbocycles. The summed E-state index contributed by atoms with van der Waals surface area (Å²) >= 11 is 1.11. The Bertz CT molecular complexity index is 663. The first kappa shape index (κ1) is 14.1. The first-order valence-electron chi connectivity index (χ1n) is 5.97. The van der Waals surface area contributed by atoms with Crippen molar-refractivity contribution in [1.29, 1.82) is 0 Å². The average molecular weight is 293 g/mol. The second-order valence-electron chi connectivity index (χ2n) is 4.11. The molecule has 2 aromatic rings. The Hall–Kier alpha value is -2.28. The zero-order valence-corrected chi connectivity index (χ0v) is 11.8. The van der Waals surface area contributed by atoms with Crippen LogP contribution in [-0.2, 0) is 11.3 Å². The molecule has 0 aliphatic rings. The number of carbonyl (C=O) groups is 1. The zero-order chi connectivity index (χ0) is 14.5. The van der Waals surface area contributed by atoms with E-state index < -0.39 is 0 Å². The third-order valence-electron chi connectivity index (χ3n) is 2.76. The molecular formula is C13H15N3O3S. The van der Waals surface area contributed by atoms with Crippen LogP contribution in [-0.4, -0.2) is 17.6 Å². The maximum Gasteiger partial charge on any atom is 0.307 e. The van der Waals surface area contributed by atoms with Gasteiger partial charge < -0.3 is 20.4 Å². The maximum absolute atomic E-state index is 11.8. The van der Waals surface area contributed by atoms with Crippen LogP contribution < -0.4 is 20.7 Å². The van der Waals surface area contributed by atoms with Gasteiger partial charge in [-0.2, -0.15) is 0 Å². The number of hydrogen-bond acceptors (Lipinski definition) is 5. The molecule has 0 saturated carbocycles. The van der Waals surface area contributed by atoms with Crippen LogP contribution in [0, 0.1) is 0 Å². The van der Waals surface area contributed by atoms with Crippen LogP contribution >= 0.6 is 11.3 Å². The van der Waals surface area contributed by atoms with Gasteiger partial charge in [0.1, 0.15) is 5.75 Å². The second-order valence-corrected chi connectivity index (χ2v) is 4.97. The summed E-state index contributed by atoms with van der Waals surface area (Å²) < 4.78 is 6.54. The van der Waals surface area contributed by atoms with Gasteiger partial charge in [-0.1, -0.05) is 11.3 Å². The molecule has 0 spiro atoms. The Balaban J connectivity index is 1.95. The van der Waals surface area contributed by atoms with Crippen molar-refractivity contribution in [2.24, 2.45) is 0 Å². The predicted octanol–water partition coefficient (Wildman–Crippen LogP) is 1.53. The molecule has 2 rings (SSSR count). The number of nitrogen functional groups attached to an aromatic ring is 1. The van der Waals surface area contributed by atoms with Gasteiger partial charge in [-0.3, -0.25) is 9.59 Å². The van der Waals surface area contributed by atoms with Crippen LogP contribution in [0.2, 0.25) is 0 Å². The molecular weight excluding hydrogens is 278 g/mol. The van der Waals surface area contributed by atoms with Crippen molar-refractivity contribution in [1.82, 2.24) is 4.57 Å². The Labute approximate surface area is 119 Å². The molecule has 0 atom stereocenters. The third-order valence-corrected chi connectivity index (χ3v) is 3.45. The quantitative estimate of drug-likeness (QED) is 0.819. The fraction of sp³-hybridized carbons (Fsp3) is 0.231. The Kier molecular flexibility index (Phi) is 4.41. The number of ether oxygens (including phenoxy) is 1. The number of nitrogens with zero attached hydrogens (tertiary/aromatic N) is 1. The molecule has 0 unspecified atom stereocenters. The Morgan fingerprint density at radius 2 is 2.30 bits per heavy atom. The van der Waals surface area contributed by atoms with Crippen molar-refractivity contribution in [3.05, 3.63) is 39.4 Å². The van der Waals surface area contributed by atoms with Crippen LogP contribution in [0.1, 0.15) is 6.42 Å². The van der Waals surface area contributed by atoms with Crippen molar-refractivity contribution in [2.75, 3.05) is 18.2 Å². The Morgan fingerprint density at radius 1 is 1.50 bits per heavy atom. The molecule has 0 radical (unpaired) electrons. The molecule has 1 aromatic heterocycles. The topological polar surface area (TPSA) is 86.3 Å². The van der Waals surface area contributed by atoms with E-state index in [-0.39, 0.29) is 17.2 Å². The summed E-state index contributed by atoms with van der Waals surface area (Å²) in [7, 11) is 1.55. The summed E-state index contributed by atoms with van der Waals surface area (Å²) in [6, 6.07) is 5.04. The van der Waals surface area contributed by atoms with E-state index in [1.54, 1.807) is 36.9 Å². The van der Waals surface area contributed by atoms with E-state index in [4.69, 9.17) is 10.5 Å². The summed E-state index contributed by atoms with van der Waals surface area (Å²) in [6.45, 7) is 0.351. The number of hydrogen-bond donors (Lipinski definition) is 2. The SMILES string of the molecule is COc1ccc(NC(=O)CCn2ccsc2=O)c(N)c1.